The lowest BCUT2D eigenvalue weighted by Gasteiger charge is -2.31. The van der Waals surface area contributed by atoms with Gasteiger partial charge in [0.05, 0.1) is 10.7 Å². The lowest BCUT2D eigenvalue weighted by molar-refractivity contribution is -0.118. The molecule has 0 bridgehead atoms. The normalized spacial score (nSPS) is 15.6. The molecule has 3 heterocycles. The Morgan fingerprint density at radius 1 is 1.24 bits per heavy atom. The van der Waals surface area contributed by atoms with Gasteiger partial charge < -0.3 is 10.2 Å². The molecule has 0 unspecified atom stereocenters. The van der Waals surface area contributed by atoms with Crippen LogP contribution in [-0.2, 0) is 10.2 Å². The van der Waals surface area contributed by atoms with Crippen LogP contribution in [0, 0.1) is 5.92 Å². The van der Waals surface area contributed by atoms with Gasteiger partial charge in [-0.05, 0) is 25.0 Å². The molecule has 2 amide bonds. The van der Waals surface area contributed by atoms with Crippen molar-refractivity contribution >= 4 is 29.0 Å². The van der Waals surface area contributed by atoms with Crippen LogP contribution >= 0.6 is 11.3 Å². The standard InChI is InChI=1S/C22H30N4O2S/c1-14(2)19(27)25-18-12-16(6-9-23-18)21(28)26-10-7-15(8-11-26)20-24-17(13-29-20)22(3,4)5/h6,9,12-15H,7-8,10-11H2,1-5H3,(H,23,25,27). The Hall–Kier alpha value is -2.28. The Balaban J connectivity index is 1.61. The van der Waals surface area contributed by atoms with E-state index in [0.717, 1.165) is 18.5 Å². The summed E-state index contributed by atoms with van der Waals surface area (Å²) < 4.78 is 0. The molecule has 2 aromatic rings. The molecule has 0 atom stereocenters. The second-order valence-corrected chi connectivity index (χ2v) is 9.85. The van der Waals surface area contributed by atoms with Gasteiger partial charge in [0.25, 0.3) is 5.91 Å². The maximum atomic E-state index is 12.9. The van der Waals surface area contributed by atoms with Crippen molar-refractivity contribution in [1.29, 1.82) is 0 Å². The highest BCUT2D eigenvalue weighted by atomic mass is 32.1. The smallest absolute Gasteiger partial charge is 0.254 e. The van der Waals surface area contributed by atoms with E-state index in [-0.39, 0.29) is 23.1 Å². The molecular formula is C22H30N4O2S. The third-order valence-electron chi connectivity index (χ3n) is 5.20. The van der Waals surface area contributed by atoms with Crippen LogP contribution < -0.4 is 5.32 Å². The number of anilines is 1. The largest absolute Gasteiger partial charge is 0.339 e. The van der Waals surface area contributed by atoms with E-state index in [1.54, 1.807) is 29.7 Å². The van der Waals surface area contributed by atoms with Crippen molar-refractivity contribution in [3.8, 4) is 0 Å². The molecule has 0 aromatic carbocycles. The lowest BCUT2D eigenvalue weighted by atomic mass is 9.93. The van der Waals surface area contributed by atoms with Gasteiger partial charge in [0.15, 0.2) is 0 Å². The molecular weight excluding hydrogens is 384 g/mol. The second-order valence-electron chi connectivity index (χ2n) is 8.96. The number of hydrogen-bond donors (Lipinski definition) is 1. The monoisotopic (exact) mass is 414 g/mol. The first-order valence-electron chi connectivity index (χ1n) is 10.2. The fraction of sp³-hybridized carbons (Fsp3) is 0.545. The number of carbonyl (C=O) groups is 2. The molecule has 0 saturated carbocycles. The van der Waals surface area contributed by atoms with E-state index in [1.165, 1.54) is 5.01 Å². The number of piperidine rings is 1. The van der Waals surface area contributed by atoms with Gasteiger partial charge >= 0.3 is 0 Å². The topological polar surface area (TPSA) is 75.2 Å². The van der Waals surface area contributed by atoms with Crippen molar-refractivity contribution in [2.75, 3.05) is 18.4 Å². The predicted molar refractivity (Wildman–Crippen MR) is 116 cm³/mol. The summed E-state index contributed by atoms with van der Waals surface area (Å²) in [5, 5.41) is 6.10. The summed E-state index contributed by atoms with van der Waals surface area (Å²) >= 11 is 1.74. The van der Waals surface area contributed by atoms with E-state index in [2.05, 4.69) is 36.5 Å². The third kappa shape index (κ3) is 5.21. The summed E-state index contributed by atoms with van der Waals surface area (Å²) in [5.41, 5.74) is 1.76. The molecule has 0 aliphatic carbocycles. The average Bonchev–Trinajstić information content (AvgIpc) is 3.18. The Morgan fingerprint density at radius 2 is 1.93 bits per heavy atom. The predicted octanol–water partition coefficient (Wildman–Crippen LogP) is 4.45. The lowest BCUT2D eigenvalue weighted by Crippen LogP contribution is -2.38. The van der Waals surface area contributed by atoms with Crippen LogP contribution in [0.5, 0.6) is 0 Å². The first-order valence-corrected chi connectivity index (χ1v) is 11.0. The van der Waals surface area contributed by atoms with Crippen molar-refractivity contribution in [3.05, 3.63) is 40.0 Å². The molecule has 3 rings (SSSR count). The fourth-order valence-corrected chi connectivity index (χ4v) is 4.45. The number of aromatic nitrogens is 2. The van der Waals surface area contributed by atoms with E-state index < -0.39 is 0 Å². The van der Waals surface area contributed by atoms with Crippen molar-refractivity contribution in [3.63, 3.8) is 0 Å². The number of pyridine rings is 1. The summed E-state index contributed by atoms with van der Waals surface area (Å²) in [6, 6.07) is 3.36. The highest BCUT2D eigenvalue weighted by Crippen LogP contribution is 2.33. The molecule has 1 N–H and O–H groups in total. The van der Waals surface area contributed by atoms with E-state index in [4.69, 9.17) is 4.98 Å². The quantitative estimate of drug-likeness (QED) is 0.802. The maximum absolute atomic E-state index is 12.9. The Bertz CT molecular complexity index is 877. The van der Waals surface area contributed by atoms with E-state index in [0.29, 0.717) is 30.4 Å². The van der Waals surface area contributed by atoms with Gasteiger partial charge in [-0.25, -0.2) is 9.97 Å². The third-order valence-corrected chi connectivity index (χ3v) is 6.21. The number of likely N-dealkylation sites (tertiary alicyclic amines) is 1. The zero-order chi connectivity index (χ0) is 21.2. The van der Waals surface area contributed by atoms with Gasteiger partial charge in [0.2, 0.25) is 5.91 Å². The summed E-state index contributed by atoms with van der Waals surface area (Å²) in [6.07, 6.45) is 3.41. The molecule has 29 heavy (non-hydrogen) atoms. The van der Waals surface area contributed by atoms with Crippen molar-refractivity contribution < 1.29 is 9.59 Å². The minimum absolute atomic E-state index is 0.0135. The number of thiazole rings is 1. The Morgan fingerprint density at radius 3 is 2.52 bits per heavy atom. The van der Waals surface area contributed by atoms with Crippen molar-refractivity contribution in [2.45, 2.75) is 58.8 Å². The number of hydrogen-bond acceptors (Lipinski definition) is 5. The van der Waals surface area contributed by atoms with Gasteiger partial charge in [-0.3, -0.25) is 9.59 Å². The number of amides is 2. The van der Waals surface area contributed by atoms with Gasteiger partial charge in [-0.2, -0.15) is 0 Å². The molecule has 6 nitrogen and oxygen atoms in total. The van der Waals surface area contributed by atoms with E-state index in [9.17, 15) is 9.59 Å². The summed E-state index contributed by atoms with van der Waals surface area (Å²) in [6.45, 7) is 11.6. The highest BCUT2D eigenvalue weighted by Gasteiger charge is 2.28. The molecule has 1 fully saturated rings. The molecule has 2 aromatic heterocycles. The fourth-order valence-electron chi connectivity index (χ4n) is 3.23. The first-order chi connectivity index (χ1) is 13.6. The minimum atomic E-state index is -0.139. The molecule has 1 saturated heterocycles. The second kappa shape index (κ2) is 8.61. The average molecular weight is 415 g/mol. The highest BCUT2D eigenvalue weighted by molar-refractivity contribution is 7.09. The van der Waals surface area contributed by atoms with Crippen LogP contribution in [0.2, 0.25) is 0 Å². The zero-order valence-electron chi connectivity index (χ0n) is 17.9. The van der Waals surface area contributed by atoms with Crippen molar-refractivity contribution in [1.82, 2.24) is 14.9 Å². The molecule has 1 aliphatic rings. The summed E-state index contributed by atoms with van der Waals surface area (Å²) in [5.74, 6) is 0.571. The number of carbonyl (C=O) groups excluding carboxylic acids is 2. The minimum Gasteiger partial charge on any atom is -0.339 e. The molecule has 0 radical (unpaired) electrons. The van der Waals surface area contributed by atoms with Crippen LogP contribution in [-0.4, -0.2) is 39.8 Å². The van der Waals surface area contributed by atoms with Gasteiger partial charge in [0.1, 0.15) is 5.82 Å². The van der Waals surface area contributed by atoms with Crippen LogP contribution in [0.25, 0.3) is 0 Å². The van der Waals surface area contributed by atoms with Gasteiger partial charge in [-0.1, -0.05) is 34.6 Å². The summed E-state index contributed by atoms with van der Waals surface area (Å²) in [7, 11) is 0. The molecule has 156 valence electrons. The SMILES string of the molecule is CC(C)C(=O)Nc1cc(C(=O)N2CCC(c3nc(C(C)(C)C)cs3)CC2)ccn1. The van der Waals surface area contributed by atoms with Gasteiger partial charge in [-0.15, -0.1) is 11.3 Å². The Labute approximate surface area is 176 Å². The van der Waals surface area contributed by atoms with Crippen LogP contribution in [0.1, 0.15) is 74.4 Å². The van der Waals surface area contributed by atoms with E-state index >= 15 is 0 Å². The maximum Gasteiger partial charge on any atom is 0.254 e. The molecule has 1 aliphatic heterocycles. The van der Waals surface area contributed by atoms with Crippen molar-refractivity contribution in [2.24, 2.45) is 5.92 Å². The van der Waals surface area contributed by atoms with Crippen LogP contribution in [0.4, 0.5) is 5.82 Å². The first kappa shape index (κ1) is 21.4. The number of nitrogens with zero attached hydrogens (tertiary/aromatic N) is 3. The Kier molecular flexibility index (Phi) is 6.36. The number of nitrogens with one attached hydrogen (secondary N) is 1. The molecule has 0 spiro atoms. The summed E-state index contributed by atoms with van der Waals surface area (Å²) in [4.78, 5) is 35.7. The van der Waals surface area contributed by atoms with E-state index in [1.807, 2.05) is 18.7 Å². The zero-order valence-corrected chi connectivity index (χ0v) is 18.7. The number of rotatable bonds is 4. The molecule has 7 heteroatoms. The van der Waals surface area contributed by atoms with Gasteiger partial charge in [0, 0.05) is 47.5 Å². The van der Waals surface area contributed by atoms with Crippen LogP contribution in [0.15, 0.2) is 23.7 Å². The van der Waals surface area contributed by atoms with Crippen LogP contribution in [0.3, 0.4) is 0 Å².